The fraction of sp³-hybridized carbons (Fsp3) is 1.00. The Kier molecular flexibility index (Phi) is 5.49. The summed E-state index contributed by atoms with van der Waals surface area (Å²) in [7, 11) is 1.81. The second kappa shape index (κ2) is 6.41. The number of hydrogen-bond donors (Lipinski definition) is 1. The number of rotatable bonds is 6. The average molecular weight is 199 g/mol. The molecule has 1 N–H and O–H groups in total. The van der Waals surface area contributed by atoms with Crippen molar-refractivity contribution < 1.29 is 4.74 Å². The Morgan fingerprint density at radius 2 is 2.00 bits per heavy atom. The van der Waals surface area contributed by atoms with Gasteiger partial charge in [0.25, 0.3) is 0 Å². The zero-order valence-corrected chi connectivity index (χ0v) is 9.88. The third-order valence-corrected chi connectivity index (χ3v) is 3.42. The van der Waals surface area contributed by atoms with Gasteiger partial charge < -0.3 is 10.1 Å². The van der Waals surface area contributed by atoms with E-state index in [4.69, 9.17) is 4.74 Å². The van der Waals surface area contributed by atoms with Gasteiger partial charge in [-0.2, -0.15) is 0 Å². The van der Waals surface area contributed by atoms with Crippen molar-refractivity contribution in [2.75, 3.05) is 13.7 Å². The van der Waals surface area contributed by atoms with Crippen LogP contribution < -0.4 is 5.32 Å². The molecule has 0 heterocycles. The van der Waals surface area contributed by atoms with Crippen LogP contribution in [0.4, 0.5) is 0 Å². The predicted molar refractivity (Wildman–Crippen MR) is 60.5 cm³/mol. The lowest BCUT2D eigenvalue weighted by Crippen LogP contribution is -2.37. The minimum absolute atomic E-state index is 0.389. The fourth-order valence-corrected chi connectivity index (χ4v) is 2.52. The summed E-state index contributed by atoms with van der Waals surface area (Å²) in [6, 6.07) is 0.678. The molecular formula is C12H25NO. The van der Waals surface area contributed by atoms with Gasteiger partial charge in [0.2, 0.25) is 0 Å². The Bertz CT molecular complexity index is 143. The van der Waals surface area contributed by atoms with Crippen molar-refractivity contribution in [3.05, 3.63) is 0 Å². The molecule has 0 bridgehead atoms. The van der Waals surface area contributed by atoms with Crippen molar-refractivity contribution in [3.8, 4) is 0 Å². The zero-order valence-electron chi connectivity index (χ0n) is 9.88. The lowest BCUT2D eigenvalue weighted by molar-refractivity contribution is 0.0924. The molecule has 0 radical (unpaired) electrons. The van der Waals surface area contributed by atoms with Gasteiger partial charge in [0.1, 0.15) is 0 Å². The zero-order chi connectivity index (χ0) is 10.4. The van der Waals surface area contributed by atoms with E-state index in [1.165, 1.54) is 25.7 Å². The van der Waals surface area contributed by atoms with Crippen LogP contribution in [0.2, 0.25) is 0 Å². The standard InChI is InChI=1S/C12H25NO/c1-4-13-12(9-10(2)14-3)11-7-5-6-8-11/h10-13H,4-9H2,1-3H3. The van der Waals surface area contributed by atoms with Gasteiger partial charge in [-0.05, 0) is 38.6 Å². The fourth-order valence-electron chi connectivity index (χ4n) is 2.52. The van der Waals surface area contributed by atoms with E-state index >= 15 is 0 Å². The van der Waals surface area contributed by atoms with Crippen LogP contribution in [0.5, 0.6) is 0 Å². The van der Waals surface area contributed by atoms with E-state index in [1.54, 1.807) is 0 Å². The minimum atomic E-state index is 0.389. The summed E-state index contributed by atoms with van der Waals surface area (Å²) in [5, 5.41) is 3.61. The molecule has 0 aromatic heterocycles. The third-order valence-electron chi connectivity index (χ3n) is 3.42. The maximum Gasteiger partial charge on any atom is 0.0558 e. The van der Waals surface area contributed by atoms with E-state index in [0.29, 0.717) is 12.1 Å². The second-order valence-corrected chi connectivity index (χ2v) is 4.49. The molecule has 1 aliphatic carbocycles. The van der Waals surface area contributed by atoms with Gasteiger partial charge >= 0.3 is 0 Å². The molecule has 1 aliphatic rings. The molecule has 2 heteroatoms. The quantitative estimate of drug-likeness (QED) is 0.710. The van der Waals surface area contributed by atoms with E-state index in [-0.39, 0.29) is 0 Å². The topological polar surface area (TPSA) is 21.3 Å². The van der Waals surface area contributed by atoms with Crippen LogP contribution in [0.25, 0.3) is 0 Å². The van der Waals surface area contributed by atoms with Crippen LogP contribution in [0, 0.1) is 5.92 Å². The number of methoxy groups -OCH3 is 1. The molecule has 14 heavy (non-hydrogen) atoms. The number of hydrogen-bond acceptors (Lipinski definition) is 2. The Balaban J connectivity index is 2.36. The van der Waals surface area contributed by atoms with Gasteiger partial charge in [-0.1, -0.05) is 19.8 Å². The van der Waals surface area contributed by atoms with Gasteiger partial charge in [-0.25, -0.2) is 0 Å². The van der Waals surface area contributed by atoms with Crippen molar-refractivity contribution in [2.45, 2.75) is 58.1 Å². The molecule has 84 valence electrons. The van der Waals surface area contributed by atoms with Crippen LogP contribution in [0.3, 0.4) is 0 Å². The number of nitrogens with one attached hydrogen (secondary N) is 1. The van der Waals surface area contributed by atoms with Crippen molar-refractivity contribution in [1.82, 2.24) is 5.32 Å². The van der Waals surface area contributed by atoms with Crippen LogP contribution in [-0.4, -0.2) is 25.8 Å². The highest BCUT2D eigenvalue weighted by Gasteiger charge is 2.25. The van der Waals surface area contributed by atoms with Crippen LogP contribution >= 0.6 is 0 Å². The van der Waals surface area contributed by atoms with E-state index in [2.05, 4.69) is 19.2 Å². The maximum atomic E-state index is 5.35. The first-order valence-corrected chi connectivity index (χ1v) is 6.04. The summed E-state index contributed by atoms with van der Waals surface area (Å²) < 4.78 is 5.35. The molecule has 2 atom stereocenters. The Morgan fingerprint density at radius 3 is 2.50 bits per heavy atom. The van der Waals surface area contributed by atoms with Gasteiger partial charge in [-0.3, -0.25) is 0 Å². The SMILES string of the molecule is CCNC(CC(C)OC)C1CCCC1. The predicted octanol–water partition coefficient (Wildman–Crippen LogP) is 2.58. The number of ether oxygens (including phenoxy) is 1. The van der Waals surface area contributed by atoms with Crippen molar-refractivity contribution in [2.24, 2.45) is 5.92 Å². The average Bonchev–Trinajstić information content (AvgIpc) is 2.69. The monoisotopic (exact) mass is 199 g/mol. The summed E-state index contributed by atoms with van der Waals surface area (Å²) in [6.45, 7) is 5.44. The summed E-state index contributed by atoms with van der Waals surface area (Å²) in [6.07, 6.45) is 7.22. The van der Waals surface area contributed by atoms with Crippen molar-refractivity contribution >= 4 is 0 Å². The molecule has 1 rings (SSSR count). The Hall–Kier alpha value is -0.0800. The van der Waals surface area contributed by atoms with Crippen molar-refractivity contribution in [1.29, 1.82) is 0 Å². The molecule has 2 unspecified atom stereocenters. The Morgan fingerprint density at radius 1 is 1.36 bits per heavy atom. The third kappa shape index (κ3) is 3.58. The van der Waals surface area contributed by atoms with E-state index in [0.717, 1.165) is 18.9 Å². The molecular weight excluding hydrogens is 174 g/mol. The largest absolute Gasteiger partial charge is 0.382 e. The highest BCUT2D eigenvalue weighted by molar-refractivity contribution is 4.81. The lowest BCUT2D eigenvalue weighted by atomic mass is 9.93. The molecule has 2 nitrogen and oxygen atoms in total. The molecule has 0 amide bonds. The lowest BCUT2D eigenvalue weighted by Gasteiger charge is -2.26. The first-order valence-electron chi connectivity index (χ1n) is 6.04. The molecule has 0 aliphatic heterocycles. The van der Waals surface area contributed by atoms with E-state index in [1.807, 2.05) is 7.11 Å². The smallest absolute Gasteiger partial charge is 0.0558 e. The highest BCUT2D eigenvalue weighted by Crippen LogP contribution is 2.29. The summed E-state index contributed by atoms with van der Waals surface area (Å²) in [5.74, 6) is 0.896. The van der Waals surface area contributed by atoms with Gasteiger partial charge in [0.05, 0.1) is 6.10 Å². The molecule has 0 saturated heterocycles. The van der Waals surface area contributed by atoms with Crippen LogP contribution in [0.1, 0.15) is 46.0 Å². The van der Waals surface area contributed by atoms with Crippen molar-refractivity contribution in [3.63, 3.8) is 0 Å². The highest BCUT2D eigenvalue weighted by atomic mass is 16.5. The normalized spacial score (nSPS) is 22.5. The molecule has 0 aromatic carbocycles. The summed E-state index contributed by atoms with van der Waals surface area (Å²) >= 11 is 0. The van der Waals surface area contributed by atoms with E-state index in [9.17, 15) is 0 Å². The first kappa shape index (κ1) is 12.0. The van der Waals surface area contributed by atoms with Gasteiger partial charge in [0.15, 0.2) is 0 Å². The minimum Gasteiger partial charge on any atom is -0.382 e. The van der Waals surface area contributed by atoms with Crippen LogP contribution in [0.15, 0.2) is 0 Å². The van der Waals surface area contributed by atoms with Gasteiger partial charge in [0, 0.05) is 13.2 Å². The Labute approximate surface area is 88.4 Å². The summed E-state index contributed by atoms with van der Waals surface area (Å²) in [5.41, 5.74) is 0. The van der Waals surface area contributed by atoms with E-state index < -0.39 is 0 Å². The molecule has 1 fully saturated rings. The summed E-state index contributed by atoms with van der Waals surface area (Å²) in [4.78, 5) is 0. The van der Waals surface area contributed by atoms with Gasteiger partial charge in [-0.15, -0.1) is 0 Å². The maximum absolute atomic E-state index is 5.35. The second-order valence-electron chi connectivity index (χ2n) is 4.49. The molecule has 0 spiro atoms. The first-order chi connectivity index (χ1) is 6.77. The molecule has 0 aromatic rings. The van der Waals surface area contributed by atoms with Crippen LogP contribution in [-0.2, 0) is 4.74 Å². The molecule has 1 saturated carbocycles.